The number of imidazole rings is 1. The molecule has 1 fully saturated rings. The summed E-state index contributed by atoms with van der Waals surface area (Å²) in [6.45, 7) is 13.8. The first-order chi connectivity index (χ1) is 13.2. The smallest absolute Gasteiger partial charge is 0.192 e. The zero-order chi connectivity index (χ0) is 20.4. The SMILES string of the molecule is Cn1cncc1CC[C@@H]1C[C@@H](O[Si](C)(C)C(C)(C)C)CN1Cc1ccccc1. The molecule has 0 amide bonds. The van der Waals surface area contributed by atoms with Gasteiger partial charge in [0.15, 0.2) is 8.32 Å². The summed E-state index contributed by atoms with van der Waals surface area (Å²) in [7, 11) is 0.338. The maximum atomic E-state index is 6.80. The zero-order valence-corrected chi connectivity index (χ0v) is 19.5. The van der Waals surface area contributed by atoms with Crippen molar-refractivity contribution in [2.45, 2.75) is 76.9 Å². The lowest BCUT2D eigenvalue weighted by molar-refractivity contribution is 0.176. The Morgan fingerprint density at radius 3 is 2.50 bits per heavy atom. The van der Waals surface area contributed by atoms with E-state index in [2.05, 4.69) is 85.7 Å². The molecule has 2 atom stereocenters. The summed E-state index contributed by atoms with van der Waals surface area (Å²) in [5.41, 5.74) is 2.70. The molecule has 3 rings (SSSR count). The number of benzene rings is 1. The maximum absolute atomic E-state index is 6.80. The number of aromatic nitrogens is 2. The second-order valence-electron chi connectivity index (χ2n) is 9.84. The molecule has 0 spiro atoms. The average molecular weight is 400 g/mol. The maximum Gasteiger partial charge on any atom is 0.192 e. The molecular formula is C23H37N3OSi. The van der Waals surface area contributed by atoms with Crippen molar-refractivity contribution in [2.24, 2.45) is 7.05 Å². The minimum atomic E-state index is -1.75. The molecule has 2 heterocycles. The van der Waals surface area contributed by atoms with Gasteiger partial charge in [0.1, 0.15) is 0 Å². The molecule has 0 unspecified atom stereocenters. The van der Waals surface area contributed by atoms with Crippen molar-refractivity contribution in [3.8, 4) is 0 Å². The Morgan fingerprint density at radius 2 is 1.89 bits per heavy atom. The van der Waals surface area contributed by atoms with Crippen molar-refractivity contribution in [3.05, 3.63) is 54.1 Å². The Bertz CT molecular complexity index is 751. The predicted octanol–water partition coefficient (Wildman–Crippen LogP) is 5.02. The molecule has 0 aliphatic carbocycles. The monoisotopic (exact) mass is 399 g/mol. The number of nitrogens with zero attached hydrogens (tertiary/aromatic N) is 3. The van der Waals surface area contributed by atoms with Crippen LogP contribution in [0.15, 0.2) is 42.9 Å². The van der Waals surface area contributed by atoms with Crippen LogP contribution in [0.5, 0.6) is 0 Å². The molecule has 5 heteroatoms. The lowest BCUT2D eigenvalue weighted by atomic mass is 10.1. The number of hydrogen-bond acceptors (Lipinski definition) is 3. The molecule has 0 radical (unpaired) electrons. The first kappa shape index (κ1) is 21.3. The molecule has 0 bridgehead atoms. The zero-order valence-electron chi connectivity index (χ0n) is 18.5. The summed E-state index contributed by atoms with van der Waals surface area (Å²) in [5.74, 6) is 0. The van der Waals surface area contributed by atoms with Crippen LogP contribution in [-0.4, -0.2) is 41.5 Å². The predicted molar refractivity (Wildman–Crippen MR) is 119 cm³/mol. The Morgan fingerprint density at radius 1 is 1.18 bits per heavy atom. The number of rotatable bonds is 7. The summed E-state index contributed by atoms with van der Waals surface area (Å²) in [5, 5.41) is 0.254. The normalized spacial score (nSPS) is 21.4. The van der Waals surface area contributed by atoms with Gasteiger partial charge >= 0.3 is 0 Å². The van der Waals surface area contributed by atoms with Crippen LogP contribution in [0.1, 0.15) is 44.9 Å². The summed E-state index contributed by atoms with van der Waals surface area (Å²) < 4.78 is 8.94. The molecule has 1 aliphatic heterocycles. The highest BCUT2D eigenvalue weighted by atomic mass is 28.4. The van der Waals surface area contributed by atoms with Crippen molar-refractivity contribution in [1.29, 1.82) is 0 Å². The third-order valence-corrected chi connectivity index (χ3v) is 11.2. The van der Waals surface area contributed by atoms with Crippen LogP contribution in [0.25, 0.3) is 0 Å². The van der Waals surface area contributed by atoms with E-state index in [-0.39, 0.29) is 5.04 Å². The first-order valence-electron chi connectivity index (χ1n) is 10.6. The molecule has 4 nitrogen and oxygen atoms in total. The van der Waals surface area contributed by atoms with E-state index in [1.165, 1.54) is 11.3 Å². The third-order valence-electron chi connectivity index (χ3n) is 6.64. The Hall–Kier alpha value is -1.43. The number of likely N-dealkylation sites (tertiary alicyclic amines) is 1. The molecule has 0 N–H and O–H groups in total. The molecule has 1 saturated heterocycles. The van der Waals surface area contributed by atoms with Gasteiger partial charge in [-0.15, -0.1) is 0 Å². The Labute approximate surface area is 172 Å². The van der Waals surface area contributed by atoms with Crippen LogP contribution in [0, 0.1) is 0 Å². The second-order valence-corrected chi connectivity index (χ2v) is 14.6. The average Bonchev–Trinajstić information content (AvgIpc) is 3.18. The van der Waals surface area contributed by atoms with Crippen molar-refractivity contribution in [2.75, 3.05) is 6.54 Å². The van der Waals surface area contributed by atoms with E-state index in [1.807, 2.05) is 12.5 Å². The molecule has 28 heavy (non-hydrogen) atoms. The Kier molecular flexibility index (Phi) is 6.47. The number of aryl methyl sites for hydroxylation is 2. The topological polar surface area (TPSA) is 30.3 Å². The molecule has 1 aliphatic rings. The first-order valence-corrected chi connectivity index (χ1v) is 13.5. The minimum absolute atomic E-state index is 0.254. The van der Waals surface area contributed by atoms with Crippen molar-refractivity contribution < 1.29 is 4.43 Å². The van der Waals surface area contributed by atoms with Crippen LogP contribution in [0.4, 0.5) is 0 Å². The highest BCUT2D eigenvalue weighted by molar-refractivity contribution is 6.74. The molecule has 1 aromatic carbocycles. The fourth-order valence-electron chi connectivity index (χ4n) is 3.87. The fraction of sp³-hybridized carbons (Fsp3) is 0.609. The highest BCUT2D eigenvalue weighted by Gasteiger charge is 2.42. The summed E-state index contributed by atoms with van der Waals surface area (Å²) >= 11 is 0. The third kappa shape index (κ3) is 5.13. The van der Waals surface area contributed by atoms with Gasteiger partial charge < -0.3 is 8.99 Å². The van der Waals surface area contributed by atoms with E-state index in [0.29, 0.717) is 12.1 Å². The van der Waals surface area contributed by atoms with Crippen molar-refractivity contribution >= 4 is 8.32 Å². The van der Waals surface area contributed by atoms with Crippen LogP contribution in [-0.2, 0) is 24.4 Å². The van der Waals surface area contributed by atoms with Crippen molar-refractivity contribution in [1.82, 2.24) is 14.5 Å². The summed E-state index contributed by atoms with van der Waals surface area (Å²) in [6.07, 6.45) is 7.61. The van der Waals surface area contributed by atoms with Crippen LogP contribution in [0.3, 0.4) is 0 Å². The second kappa shape index (κ2) is 8.52. The highest BCUT2D eigenvalue weighted by Crippen LogP contribution is 2.39. The molecule has 154 valence electrons. The van der Waals surface area contributed by atoms with Gasteiger partial charge in [0, 0.05) is 38.1 Å². The van der Waals surface area contributed by atoms with Gasteiger partial charge in [-0.2, -0.15) is 0 Å². The van der Waals surface area contributed by atoms with E-state index in [4.69, 9.17) is 4.43 Å². The van der Waals surface area contributed by atoms with E-state index < -0.39 is 8.32 Å². The lowest BCUT2D eigenvalue weighted by Gasteiger charge is -2.38. The van der Waals surface area contributed by atoms with Crippen LogP contribution >= 0.6 is 0 Å². The molecule has 0 saturated carbocycles. The number of hydrogen-bond donors (Lipinski definition) is 0. The van der Waals surface area contributed by atoms with Gasteiger partial charge in [-0.05, 0) is 43.0 Å². The van der Waals surface area contributed by atoms with Gasteiger partial charge in [0.25, 0.3) is 0 Å². The summed E-state index contributed by atoms with van der Waals surface area (Å²) in [4.78, 5) is 6.92. The van der Waals surface area contributed by atoms with Crippen molar-refractivity contribution in [3.63, 3.8) is 0 Å². The van der Waals surface area contributed by atoms with E-state index in [1.54, 1.807) is 0 Å². The van der Waals surface area contributed by atoms with Gasteiger partial charge in [-0.1, -0.05) is 51.1 Å². The molecule has 2 aromatic rings. The van der Waals surface area contributed by atoms with Gasteiger partial charge in [0.2, 0.25) is 0 Å². The minimum Gasteiger partial charge on any atom is -0.413 e. The lowest BCUT2D eigenvalue weighted by Crippen LogP contribution is -2.44. The van der Waals surface area contributed by atoms with Gasteiger partial charge in [-0.3, -0.25) is 4.90 Å². The van der Waals surface area contributed by atoms with E-state index >= 15 is 0 Å². The van der Waals surface area contributed by atoms with Crippen LogP contribution < -0.4 is 0 Å². The largest absolute Gasteiger partial charge is 0.413 e. The standard InChI is InChI=1S/C23H37N3OSi/c1-23(2,3)28(5,6)27-22-14-20(12-13-21-15-24-18-25(21)4)26(17-22)16-19-10-8-7-9-11-19/h7-11,15,18,20,22H,12-14,16-17H2,1-6H3/t20-,22-/m1/s1. The Balaban J connectivity index is 1.69. The van der Waals surface area contributed by atoms with Gasteiger partial charge in [-0.25, -0.2) is 4.98 Å². The molecule has 1 aromatic heterocycles. The quantitative estimate of drug-likeness (QED) is 0.613. The fourth-order valence-corrected chi connectivity index (χ4v) is 5.23. The van der Waals surface area contributed by atoms with Gasteiger partial charge in [0.05, 0.1) is 12.4 Å². The summed E-state index contributed by atoms with van der Waals surface area (Å²) in [6, 6.07) is 11.4. The molecular weight excluding hydrogens is 362 g/mol. The van der Waals surface area contributed by atoms with E-state index in [0.717, 1.165) is 32.4 Å². The van der Waals surface area contributed by atoms with Crippen LogP contribution in [0.2, 0.25) is 18.1 Å². The van der Waals surface area contributed by atoms with E-state index in [9.17, 15) is 0 Å².